The molecule has 0 radical (unpaired) electrons. The number of carbonyl (C=O) groups excluding carboxylic acids is 3. The molecule has 0 aliphatic carbocycles. The Labute approximate surface area is 227 Å². The molecule has 0 bridgehead atoms. The van der Waals surface area contributed by atoms with Gasteiger partial charge in [0.1, 0.15) is 30.5 Å². The van der Waals surface area contributed by atoms with E-state index in [0.29, 0.717) is 5.75 Å². The minimum atomic E-state index is -5.38. The number of benzene rings is 2. The molecule has 0 amide bonds. The number of aromatic nitrogens is 1. The number of halogens is 3. The molecule has 212 valence electrons. The van der Waals surface area contributed by atoms with Crippen LogP contribution in [-0.2, 0) is 14.3 Å². The molecule has 40 heavy (non-hydrogen) atoms. The molecule has 3 aromatic rings. The molecule has 3 rings (SSSR count). The van der Waals surface area contributed by atoms with Gasteiger partial charge >= 0.3 is 18.1 Å². The normalized spacial score (nSPS) is 11.4. The summed E-state index contributed by atoms with van der Waals surface area (Å²) < 4.78 is 63.3. The van der Waals surface area contributed by atoms with E-state index in [1.807, 2.05) is 31.2 Å². The zero-order valence-electron chi connectivity index (χ0n) is 22.0. The Kier molecular flexibility index (Phi) is 9.35. The van der Waals surface area contributed by atoms with E-state index < -0.39 is 29.5 Å². The third-order valence-electron chi connectivity index (χ3n) is 5.33. The predicted octanol–water partition coefficient (Wildman–Crippen LogP) is 4.88. The molecule has 0 aliphatic rings. The van der Waals surface area contributed by atoms with Gasteiger partial charge in [-0.15, -0.1) is 0 Å². The molecule has 9 nitrogen and oxygen atoms in total. The standard InChI is InChI=1S/C28H26F3NO8/c1-17-5-8-19(9-6-17)37-13-14-38-23-12-7-18(16-32-23)24(33)21-11-10-20(36-4)15-22(21)40-27(2,3)25(34)39-26(35)28(29,30)31/h5-12,15-16H,13-14H2,1-4H3. The molecular formula is C28H26F3NO8. The smallest absolute Gasteiger partial charge is 0.491 e. The Balaban J connectivity index is 1.69. The molecule has 0 N–H and O–H groups in total. The van der Waals surface area contributed by atoms with E-state index in [0.717, 1.165) is 19.4 Å². The van der Waals surface area contributed by atoms with E-state index in [4.69, 9.17) is 18.9 Å². The first-order valence-electron chi connectivity index (χ1n) is 11.8. The molecule has 12 heteroatoms. The summed E-state index contributed by atoms with van der Waals surface area (Å²) in [6.45, 7) is 4.61. The topological polar surface area (TPSA) is 110 Å². The third-order valence-corrected chi connectivity index (χ3v) is 5.33. The van der Waals surface area contributed by atoms with E-state index in [-0.39, 0.29) is 41.7 Å². The van der Waals surface area contributed by atoms with Crippen molar-refractivity contribution in [2.75, 3.05) is 20.3 Å². The van der Waals surface area contributed by atoms with Crippen molar-refractivity contribution in [3.63, 3.8) is 0 Å². The van der Waals surface area contributed by atoms with Crippen LogP contribution in [0.5, 0.6) is 23.1 Å². The van der Waals surface area contributed by atoms with Crippen LogP contribution in [0.4, 0.5) is 13.2 Å². The van der Waals surface area contributed by atoms with Gasteiger partial charge in [-0.3, -0.25) is 4.79 Å². The average molecular weight is 562 g/mol. The number of carbonyl (C=O) groups is 3. The fourth-order valence-corrected chi connectivity index (χ4v) is 3.18. The lowest BCUT2D eigenvalue weighted by Gasteiger charge is -2.25. The number of aryl methyl sites for hydroxylation is 1. The number of hydrogen-bond donors (Lipinski definition) is 0. The number of alkyl halides is 3. The second-order valence-electron chi connectivity index (χ2n) is 8.87. The van der Waals surface area contributed by atoms with Gasteiger partial charge in [0.2, 0.25) is 11.5 Å². The van der Waals surface area contributed by atoms with Gasteiger partial charge in [-0.1, -0.05) is 17.7 Å². The van der Waals surface area contributed by atoms with Crippen LogP contribution in [-0.4, -0.2) is 54.8 Å². The van der Waals surface area contributed by atoms with Crippen LogP contribution < -0.4 is 18.9 Å². The summed E-state index contributed by atoms with van der Waals surface area (Å²) in [5.74, 6) is -3.89. The van der Waals surface area contributed by atoms with Crippen LogP contribution in [0, 0.1) is 6.92 Å². The second kappa shape index (κ2) is 12.5. The SMILES string of the molecule is COc1ccc(C(=O)c2ccc(OCCOc3ccc(C)cc3)nc2)c(OC(C)(C)C(=O)OC(=O)C(F)(F)F)c1. The molecule has 0 atom stereocenters. The minimum Gasteiger partial charge on any atom is -0.497 e. The second-order valence-corrected chi connectivity index (χ2v) is 8.87. The Hall–Kier alpha value is -4.61. The van der Waals surface area contributed by atoms with Crippen molar-refractivity contribution in [3.05, 3.63) is 77.5 Å². The van der Waals surface area contributed by atoms with Crippen molar-refractivity contribution >= 4 is 17.7 Å². The molecule has 0 unspecified atom stereocenters. The lowest BCUT2D eigenvalue weighted by molar-refractivity contribution is -0.206. The first-order valence-corrected chi connectivity index (χ1v) is 11.8. The third kappa shape index (κ3) is 7.95. The zero-order valence-corrected chi connectivity index (χ0v) is 22.0. The summed E-state index contributed by atoms with van der Waals surface area (Å²) >= 11 is 0. The van der Waals surface area contributed by atoms with Gasteiger partial charge < -0.3 is 23.7 Å². The largest absolute Gasteiger partial charge is 0.497 e. The Morgan fingerprint density at radius 3 is 2.10 bits per heavy atom. The molecule has 0 saturated carbocycles. The first-order chi connectivity index (χ1) is 18.8. The molecule has 0 fully saturated rings. The highest BCUT2D eigenvalue weighted by atomic mass is 19.4. The maximum atomic E-state index is 13.2. The average Bonchev–Trinajstić information content (AvgIpc) is 2.91. The van der Waals surface area contributed by atoms with E-state index in [1.165, 1.54) is 43.6 Å². The van der Waals surface area contributed by atoms with Crippen LogP contribution in [0.1, 0.15) is 35.3 Å². The Morgan fingerprint density at radius 2 is 1.50 bits per heavy atom. The van der Waals surface area contributed by atoms with E-state index >= 15 is 0 Å². The highest BCUT2D eigenvalue weighted by Gasteiger charge is 2.45. The Bertz CT molecular complexity index is 1350. The maximum absolute atomic E-state index is 13.2. The van der Waals surface area contributed by atoms with Crippen LogP contribution >= 0.6 is 0 Å². The van der Waals surface area contributed by atoms with Crippen LogP contribution in [0.3, 0.4) is 0 Å². The number of methoxy groups -OCH3 is 1. The molecular weight excluding hydrogens is 535 g/mol. The lowest BCUT2D eigenvalue weighted by atomic mass is 10.0. The summed E-state index contributed by atoms with van der Waals surface area (Å²) in [6, 6.07) is 14.6. The van der Waals surface area contributed by atoms with Crippen molar-refractivity contribution in [2.24, 2.45) is 0 Å². The van der Waals surface area contributed by atoms with Gasteiger partial charge in [-0.25, -0.2) is 14.6 Å². The highest BCUT2D eigenvalue weighted by Crippen LogP contribution is 2.31. The summed E-state index contributed by atoms with van der Waals surface area (Å²) in [4.78, 5) is 40.7. The van der Waals surface area contributed by atoms with Gasteiger partial charge in [0.15, 0.2) is 5.78 Å². The van der Waals surface area contributed by atoms with E-state index in [2.05, 4.69) is 9.72 Å². The van der Waals surface area contributed by atoms with Crippen LogP contribution in [0.15, 0.2) is 60.8 Å². The van der Waals surface area contributed by atoms with Gasteiger partial charge in [0, 0.05) is 23.9 Å². The molecule has 1 aromatic heterocycles. The lowest BCUT2D eigenvalue weighted by Crippen LogP contribution is -2.43. The number of hydrogen-bond acceptors (Lipinski definition) is 9. The van der Waals surface area contributed by atoms with Crippen molar-refractivity contribution in [2.45, 2.75) is 32.5 Å². The zero-order chi connectivity index (χ0) is 29.5. The van der Waals surface area contributed by atoms with Crippen LogP contribution in [0.2, 0.25) is 0 Å². The van der Waals surface area contributed by atoms with Crippen molar-refractivity contribution in [3.8, 4) is 23.1 Å². The minimum absolute atomic E-state index is 0.0502. The molecule has 0 spiro atoms. The van der Waals surface area contributed by atoms with Gasteiger partial charge in [0.25, 0.3) is 0 Å². The van der Waals surface area contributed by atoms with Gasteiger partial charge in [0.05, 0.1) is 12.7 Å². The molecule has 2 aromatic carbocycles. The molecule has 0 aliphatic heterocycles. The quantitative estimate of drug-likeness (QED) is 0.140. The molecule has 0 saturated heterocycles. The highest BCUT2D eigenvalue weighted by molar-refractivity contribution is 6.10. The van der Waals surface area contributed by atoms with Crippen molar-refractivity contribution in [1.29, 1.82) is 0 Å². The fourth-order valence-electron chi connectivity index (χ4n) is 3.18. The number of ether oxygens (including phenoxy) is 5. The number of esters is 2. The predicted molar refractivity (Wildman–Crippen MR) is 135 cm³/mol. The number of pyridine rings is 1. The van der Waals surface area contributed by atoms with E-state index in [9.17, 15) is 27.6 Å². The number of ketones is 1. The number of rotatable bonds is 11. The summed E-state index contributed by atoms with van der Waals surface area (Å²) in [7, 11) is 1.34. The van der Waals surface area contributed by atoms with Crippen molar-refractivity contribution in [1.82, 2.24) is 4.98 Å². The summed E-state index contributed by atoms with van der Waals surface area (Å²) in [5, 5.41) is 0. The van der Waals surface area contributed by atoms with Gasteiger partial charge in [-0.05, 0) is 51.1 Å². The number of nitrogens with zero attached hydrogens (tertiary/aromatic N) is 1. The van der Waals surface area contributed by atoms with Gasteiger partial charge in [-0.2, -0.15) is 13.2 Å². The molecule has 1 heterocycles. The Morgan fingerprint density at radius 1 is 0.850 bits per heavy atom. The first kappa shape index (κ1) is 29.9. The maximum Gasteiger partial charge on any atom is 0.491 e. The van der Waals surface area contributed by atoms with E-state index in [1.54, 1.807) is 0 Å². The fraction of sp³-hybridized carbons (Fsp3) is 0.286. The van der Waals surface area contributed by atoms with Crippen LogP contribution in [0.25, 0.3) is 0 Å². The summed E-state index contributed by atoms with van der Waals surface area (Å²) in [5.41, 5.74) is -0.894. The monoisotopic (exact) mass is 561 g/mol. The van der Waals surface area contributed by atoms with Crippen molar-refractivity contribution < 1.29 is 51.2 Å². The summed E-state index contributed by atoms with van der Waals surface area (Å²) in [6.07, 6.45) is -4.10.